The number of carbonyl (C=O) groups excluding carboxylic acids is 2. The number of hydrogen-bond donors (Lipinski definition) is 3. The number of para-hydroxylation sites is 1. The van der Waals surface area contributed by atoms with Gasteiger partial charge in [-0.05, 0) is 43.3 Å². The van der Waals surface area contributed by atoms with Crippen molar-refractivity contribution in [2.24, 2.45) is 0 Å². The zero-order valence-electron chi connectivity index (χ0n) is 16.3. The molecule has 0 spiro atoms. The van der Waals surface area contributed by atoms with Crippen LogP contribution in [0.2, 0.25) is 0 Å². The van der Waals surface area contributed by atoms with Gasteiger partial charge in [-0.1, -0.05) is 18.2 Å². The summed E-state index contributed by atoms with van der Waals surface area (Å²) in [5.41, 5.74) is 5.80. The van der Waals surface area contributed by atoms with Crippen LogP contribution in [-0.2, 0) is 6.61 Å². The number of phenols is 1. The number of benzene rings is 2. The predicted molar refractivity (Wildman–Crippen MR) is 109 cm³/mol. The van der Waals surface area contributed by atoms with Crippen molar-refractivity contribution in [1.82, 2.24) is 15.8 Å². The van der Waals surface area contributed by atoms with Gasteiger partial charge in [-0.2, -0.15) is 0 Å². The van der Waals surface area contributed by atoms with Crippen LogP contribution in [0.25, 0.3) is 0 Å². The number of aromatic hydroxyl groups is 1. The molecule has 3 aromatic rings. The zero-order valence-corrected chi connectivity index (χ0v) is 16.3. The maximum atomic E-state index is 12.4. The molecule has 0 bridgehead atoms. The van der Waals surface area contributed by atoms with E-state index >= 15 is 0 Å². The Balaban J connectivity index is 1.66. The van der Waals surface area contributed by atoms with E-state index in [2.05, 4.69) is 15.8 Å². The second-order valence-corrected chi connectivity index (χ2v) is 6.17. The Morgan fingerprint density at radius 3 is 2.50 bits per heavy atom. The van der Waals surface area contributed by atoms with Crippen molar-refractivity contribution >= 4 is 11.8 Å². The van der Waals surface area contributed by atoms with Crippen molar-refractivity contribution in [3.05, 3.63) is 83.7 Å². The molecule has 2 aromatic carbocycles. The highest BCUT2D eigenvalue weighted by Gasteiger charge is 2.14. The van der Waals surface area contributed by atoms with Crippen LogP contribution in [0.4, 0.5) is 0 Å². The lowest BCUT2D eigenvalue weighted by Crippen LogP contribution is -2.41. The number of ether oxygens (including phenoxy) is 2. The first-order valence-corrected chi connectivity index (χ1v) is 9.25. The minimum Gasteiger partial charge on any atom is -0.507 e. The molecular weight excluding hydrogens is 386 g/mol. The van der Waals surface area contributed by atoms with Crippen LogP contribution >= 0.6 is 0 Å². The molecule has 0 atom stereocenters. The summed E-state index contributed by atoms with van der Waals surface area (Å²) in [6.45, 7) is 2.51. The number of phenolic OH excluding ortho intramolecular Hbond substituents is 1. The number of nitrogens with one attached hydrogen (secondary N) is 2. The summed E-state index contributed by atoms with van der Waals surface area (Å²) in [5.74, 6) is -0.476. The fourth-order valence-electron chi connectivity index (χ4n) is 2.60. The Kier molecular flexibility index (Phi) is 6.83. The first-order valence-electron chi connectivity index (χ1n) is 9.25. The Morgan fingerprint density at radius 2 is 1.77 bits per heavy atom. The fourth-order valence-corrected chi connectivity index (χ4v) is 2.60. The number of rotatable bonds is 7. The SMILES string of the molecule is CCOc1cc(C(=O)NNC(=O)c2ccccc2O)ccc1OCc1cccnc1. The van der Waals surface area contributed by atoms with E-state index < -0.39 is 11.8 Å². The first kappa shape index (κ1) is 20.7. The number of nitrogens with zero attached hydrogens (tertiary/aromatic N) is 1. The molecule has 1 heterocycles. The molecule has 30 heavy (non-hydrogen) atoms. The number of carbonyl (C=O) groups is 2. The summed E-state index contributed by atoms with van der Waals surface area (Å²) in [4.78, 5) is 28.6. The van der Waals surface area contributed by atoms with E-state index in [-0.39, 0.29) is 16.9 Å². The molecule has 8 nitrogen and oxygen atoms in total. The van der Waals surface area contributed by atoms with Crippen molar-refractivity contribution in [1.29, 1.82) is 0 Å². The average molecular weight is 407 g/mol. The summed E-state index contributed by atoms with van der Waals surface area (Å²) in [7, 11) is 0. The summed E-state index contributed by atoms with van der Waals surface area (Å²) in [5, 5.41) is 9.71. The lowest BCUT2D eigenvalue weighted by atomic mass is 10.2. The van der Waals surface area contributed by atoms with Gasteiger partial charge < -0.3 is 14.6 Å². The molecule has 2 amide bonds. The zero-order chi connectivity index (χ0) is 21.3. The number of pyridine rings is 1. The summed E-state index contributed by atoms with van der Waals surface area (Å²) < 4.78 is 11.4. The lowest BCUT2D eigenvalue weighted by molar-refractivity contribution is 0.0844. The molecule has 0 aliphatic rings. The van der Waals surface area contributed by atoms with Crippen molar-refractivity contribution in [2.45, 2.75) is 13.5 Å². The van der Waals surface area contributed by atoms with E-state index in [0.29, 0.717) is 24.7 Å². The molecule has 3 rings (SSSR count). The van der Waals surface area contributed by atoms with Crippen LogP contribution in [0.3, 0.4) is 0 Å². The van der Waals surface area contributed by atoms with Gasteiger partial charge in [0.05, 0.1) is 12.2 Å². The number of hydrogen-bond acceptors (Lipinski definition) is 6. The van der Waals surface area contributed by atoms with Gasteiger partial charge in [0, 0.05) is 23.5 Å². The van der Waals surface area contributed by atoms with Gasteiger partial charge in [0.1, 0.15) is 12.4 Å². The molecule has 0 aliphatic carbocycles. The van der Waals surface area contributed by atoms with E-state index in [1.54, 1.807) is 36.7 Å². The third-order valence-electron chi connectivity index (χ3n) is 4.06. The van der Waals surface area contributed by atoms with Gasteiger partial charge in [-0.15, -0.1) is 0 Å². The minimum atomic E-state index is -0.636. The lowest BCUT2D eigenvalue weighted by Gasteiger charge is -2.14. The van der Waals surface area contributed by atoms with Crippen LogP contribution in [0.15, 0.2) is 67.0 Å². The monoisotopic (exact) mass is 407 g/mol. The van der Waals surface area contributed by atoms with Crippen LogP contribution in [0, 0.1) is 0 Å². The normalized spacial score (nSPS) is 10.2. The Bertz CT molecular complexity index is 1020. The smallest absolute Gasteiger partial charge is 0.273 e. The Hall–Kier alpha value is -4.07. The standard InChI is InChI=1S/C22H21N3O5/c1-2-29-20-12-16(9-10-19(20)30-14-15-6-5-11-23-13-15)21(27)24-25-22(28)17-7-3-4-8-18(17)26/h3-13,26H,2,14H2,1H3,(H,24,27)(H,25,28). The van der Waals surface area contributed by atoms with Crippen molar-refractivity contribution in [3.8, 4) is 17.2 Å². The molecule has 0 saturated carbocycles. The quantitative estimate of drug-likeness (QED) is 0.520. The molecule has 3 N–H and O–H groups in total. The Labute approximate surface area is 173 Å². The summed E-state index contributed by atoms with van der Waals surface area (Å²) in [6.07, 6.45) is 3.38. The van der Waals surface area contributed by atoms with E-state index in [0.717, 1.165) is 5.56 Å². The minimum absolute atomic E-state index is 0.0481. The van der Waals surface area contributed by atoms with Crippen LogP contribution < -0.4 is 20.3 Å². The van der Waals surface area contributed by atoms with Gasteiger partial charge in [0.25, 0.3) is 11.8 Å². The van der Waals surface area contributed by atoms with Crippen molar-refractivity contribution in [2.75, 3.05) is 6.61 Å². The highest BCUT2D eigenvalue weighted by Crippen LogP contribution is 2.29. The molecule has 8 heteroatoms. The van der Waals surface area contributed by atoms with Gasteiger partial charge in [0.15, 0.2) is 11.5 Å². The topological polar surface area (TPSA) is 110 Å². The molecule has 0 unspecified atom stereocenters. The van der Waals surface area contributed by atoms with Gasteiger partial charge in [-0.25, -0.2) is 0 Å². The second kappa shape index (κ2) is 9.92. The van der Waals surface area contributed by atoms with Crippen LogP contribution in [-0.4, -0.2) is 28.5 Å². The first-order chi connectivity index (χ1) is 14.6. The molecular formula is C22H21N3O5. The fraction of sp³-hybridized carbons (Fsp3) is 0.136. The molecule has 0 aliphatic heterocycles. The second-order valence-electron chi connectivity index (χ2n) is 6.17. The van der Waals surface area contributed by atoms with Gasteiger partial charge >= 0.3 is 0 Å². The molecule has 154 valence electrons. The Morgan fingerprint density at radius 1 is 0.967 bits per heavy atom. The van der Waals surface area contributed by atoms with Crippen LogP contribution in [0.5, 0.6) is 17.2 Å². The largest absolute Gasteiger partial charge is 0.507 e. The van der Waals surface area contributed by atoms with Crippen molar-refractivity contribution < 1.29 is 24.2 Å². The number of amides is 2. The molecule has 0 saturated heterocycles. The van der Waals surface area contributed by atoms with E-state index in [1.165, 1.54) is 18.2 Å². The highest BCUT2D eigenvalue weighted by molar-refractivity contribution is 6.00. The van der Waals surface area contributed by atoms with E-state index in [4.69, 9.17) is 9.47 Å². The van der Waals surface area contributed by atoms with E-state index in [9.17, 15) is 14.7 Å². The molecule has 0 fully saturated rings. The number of aromatic nitrogens is 1. The predicted octanol–water partition coefficient (Wildman–Crippen LogP) is 2.84. The van der Waals surface area contributed by atoms with Gasteiger partial charge in [-0.3, -0.25) is 25.4 Å². The molecule has 0 radical (unpaired) electrons. The maximum Gasteiger partial charge on any atom is 0.273 e. The molecule has 1 aromatic heterocycles. The highest BCUT2D eigenvalue weighted by atomic mass is 16.5. The van der Waals surface area contributed by atoms with Crippen LogP contribution in [0.1, 0.15) is 33.2 Å². The third kappa shape index (κ3) is 5.26. The van der Waals surface area contributed by atoms with E-state index in [1.807, 2.05) is 19.1 Å². The average Bonchev–Trinajstić information content (AvgIpc) is 2.77. The number of hydrazine groups is 1. The van der Waals surface area contributed by atoms with Crippen molar-refractivity contribution in [3.63, 3.8) is 0 Å². The maximum absolute atomic E-state index is 12.4. The van der Waals surface area contributed by atoms with Gasteiger partial charge in [0.2, 0.25) is 0 Å². The summed E-state index contributed by atoms with van der Waals surface area (Å²) in [6, 6.07) is 14.5. The summed E-state index contributed by atoms with van der Waals surface area (Å²) >= 11 is 0. The third-order valence-corrected chi connectivity index (χ3v) is 4.06.